The third kappa shape index (κ3) is 2.66. The Labute approximate surface area is 112 Å². The maximum Gasteiger partial charge on any atom is 0.456 e. The number of carbonyl (C=O) groups is 1. The van der Waals surface area contributed by atoms with Gasteiger partial charge in [-0.25, -0.2) is 4.98 Å². The Morgan fingerprint density at radius 3 is 2.30 bits per heavy atom. The molecule has 0 aliphatic carbocycles. The number of oxazole rings is 1. The van der Waals surface area contributed by atoms with E-state index >= 15 is 0 Å². The van der Waals surface area contributed by atoms with Gasteiger partial charge in [0.1, 0.15) is 0 Å². The summed E-state index contributed by atoms with van der Waals surface area (Å²) in [7, 11) is 2.95. The third-order valence-electron chi connectivity index (χ3n) is 2.51. The number of hydrogen-bond donors (Lipinski definition) is 0. The van der Waals surface area contributed by atoms with E-state index in [1.165, 1.54) is 19.0 Å². The van der Waals surface area contributed by atoms with Gasteiger partial charge in [0.15, 0.2) is 5.69 Å². The maximum atomic E-state index is 12.5. The van der Waals surface area contributed by atoms with Crippen LogP contribution < -0.4 is 4.90 Å². The number of alkyl halides is 3. The molecule has 7 heteroatoms. The second kappa shape index (κ2) is 4.99. The van der Waals surface area contributed by atoms with Crippen LogP contribution in [0.4, 0.5) is 19.1 Å². The van der Waals surface area contributed by atoms with Crippen LogP contribution >= 0.6 is 0 Å². The predicted octanol–water partition coefficient (Wildman–Crippen LogP) is 3.15. The van der Waals surface area contributed by atoms with Crippen molar-refractivity contribution in [2.24, 2.45) is 0 Å². The first-order valence-electron chi connectivity index (χ1n) is 5.66. The Balaban J connectivity index is 2.53. The molecule has 0 bridgehead atoms. The molecular weight excluding hydrogens is 273 g/mol. The Bertz CT molecular complexity index is 618. The van der Waals surface area contributed by atoms with Crippen molar-refractivity contribution in [2.45, 2.75) is 6.18 Å². The number of aromatic nitrogens is 1. The summed E-state index contributed by atoms with van der Waals surface area (Å²) in [6.45, 7) is 0. The molecule has 0 aliphatic heterocycles. The topological polar surface area (TPSA) is 46.3 Å². The fourth-order valence-corrected chi connectivity index (χ4v) is 1.60. The molecule has 2 aromatic rings. The summed E-state index contributed by atoms with van der Waals surface area (Å²) in [6, 6.07) is 8.40. The fourth-order valence-electron chi connectivity index (χ4n) is 1.60. The Kier molecular flexibility index (Phi) is 3.52. The molecule has 2 rings (SSSR count). The quantitative estimate of drug-likeness (QED) is 0.812. The van der Waals surface area contributed by atoms with Gasteiger partial charge in [0.2, 0.25) is 11.8 Å². The third-order valence-corrected chi connectivity index (χ3v) is 2.51. The number of rotatable bonds is 3. The first-order chi connectivity index (χ1) is 9.30. The number of anilines is 1. The van der Waals surface area contributed by atoms with E-state index in [1.807, 2.05) is 0 Å². The minimum atomic E-state index is -4.99. The Hall–Kier alpha value is -2.31. The van der Waals surface area contributed by atoms with Crippen molar-refractivity contribution in [2.75, 3.05) is 19.0 Å². The highest BCUT2D eigenvalue weighted by molar-refractivity contribution is 6.02. The van der Waals surface area contributed by atoms with Crippen LogP contribution in [0.2, 0.25) is 0 Å². The van der Waals surface area contributed by atoms with Gasteiger partial charge in [-0.1, -0.05) is 18.2 Å². The van der Waals surface area contributed by atoms with E-state index < -0.39 is 17.7 Å². The van der Waals surface area contributed by atoms with Gasteiger partial charge in [-0.05, 0) is 12.1 Å². The average Bonchev–Trinajstić information content (AvgIpc) is 2.82. The van der Waals surface area contributed by atoms with E-state index in [9.17, 15) is 18.0 Å². The molecule has 0 spiro atoms. The minimum Gasteiger partial charge on any atom is -0.420 e. The van der Waals surface area contributed by atoms with Gasteiger partial charge in [-0.3, -0.25) is 4.79 Å². The largest absolute Gasteiger partial charge is 0.456 e. The maximum absolute atomic E-state index is 12.5. The van der Waals surface area contributed by atoms with Gasteiger partial charge < -0.3 is 9.32 Å². The second-order valence-corrected chi connectivity index (χ2v) is 4.26. The number of benzene rings is 1. The van der Waals surface area contributed by atoms with Gasteiger partial charge in [0, 0.05) is 19.7 Å². The summed E-state index contributed by atoms with van der Waals surface area (Å²) >= 11 is 0. The molecule has 0 saturated carbocycles. The Morgan fingerprint density at radius 2 is 1.80 bits per heavy atom. The lowest BCUT2D eigenvalue weighted by Gasteiger charge is -2.09. The smallest absolute Gasteiger partial charge is 0.420 e. The Morgan fingerprint density at radius 1 is 1.20 bits per heavy atom. The van der Waals surface area contributed by atoms with E-state index in [4.69, 9.17) is 4.42 Å². The highest BCUT2D eigenvalue weighted by Crippen LogP contribution is 2.31. The summed E-state index contributed by atoms with van der Waals surface area (Å²) in [6.07, 6.45) is -4.99. The van der Waals surface area contributed by atoms with Crippen LogP contribution in [0.3, 0.4) is 0 Å². The van der Waals surface area contributed by atoms with E-state index in [0.717, 1.165) is 0 Å². The number of nitrogens with zero attached hydrogens (tertiary/aromatic N) is 2. The summed E-state index contributed by atoms with van der Waals surface area (Å²) in [5.41, 5.74) is -0.238. The van der Waals surface area contributed by atoms with Gasteiger partial charge >= 0.3 is 6.18 Å². The van der Waals surface area contributed by atoms with E-state index in [2.05, 4.69) is 4.98 Å². The van der Waals surface area contributed by atoms with Crippen LogP contribution in [0.15, 0.2) is 34.7 Å². The van der Waals surface area contributed by atoms with Crippen LogP contribution in [-0.2, 0) is 0 Å². The van der Waals surface area contributed by atoms with Crippen molar-refractivity contribution in [1.29, 1.82) is 0 Å². The number of ketones is 1. The summed E-state index contributed by atoms with van der Waals surface area (Å²) in [5.74, 6) is -2.26. The highest BCUT2D eigenvalue weighted by Gasteiger charge is 2.43. The summed E-state index contributed by atoms with van der Waals surface area (Å²) in [5, 5.41) is 0. The lowest BCUT2D eigenvalue weighted by atomic mass is 10.2. The van der Waals surface area contributed by atoms with Crippen molar-refractivity contribution in [3.8, 4) is 11.5 Å². The van der Waals surface area contributed by atoms with Crippen molar-refractivity contribution in [1.82, 2.24) is 4.98 Å². The molecule has 1 aromatic carbocycles. The number of carbonyl (C=O) groups excluding carboxylic acids is 1. The molecule has 4 nitrogen and oxygen atoms in total. The summed E-state index contributed by atoms with van der Waals surface area (Å²) < 4.78 is 42.9. The molecule has 0 saturated heterocycles. The van der Waals surface area contributed by atoms with Crippen molar-refractivity contribution >= 4 is 11.7 Å². The van der Waals surface area contributed by atoms with Crippen molar-refractivity contribution in [3.05, 3.63) is 36.0 Å². The fraction of sp³-hybridized carbons (Fsp3) is 0.231. The molecule has 0 aliphatic rings. The van der Waals surface area contributed by atoms with Crippen LogP contribution in [0.25, 0.3) is 11.5 Å². The molecule has 0 atom stereocenters. The van der Waals surface area contributed by atoms with Gasteiger partial charge in [0.25, 0.3) is 5.78 Å². The molecule has 0 unspecified atom stereocenters. The number of hydrogen-bond acceptors (Lipinski definition) is 4. The molecule has 0 amide bonds. The molecule has 1 aromatic heterocycles. The zero-order valence-electron chi connectivity index (χ0n) is 10.7. The summed E-state index contributed by atoms with van der Waals surface area (Å²) in [4.78, 5) is 16.3. The predicted molar refractivity (Wildman–Crippen MR) is 66.7 cm³/mol. The lowest BCUT2D eigenvalue weighted by Crippen LogP contribution is -2.25. The molecule has 0 radical (unpaired) electrons. The van der Waals surface area contributed by atoms with Crippen molar-refractivity contribution < 1.29 is 22.4 Å². The van der Waals surface area contributed by atoms with Crippen molar-refractivity contribution in [3.63, 3.8) is 0 Å². The number of halogens is 3. The lowest BCUT2D eigenvalue weighted by molar-refractivity contribution is -0.0887. The number of Topliss-reactive ketones (excluding diaryl/α,β-unsaturated/α-hetero) is 1. The van der Waals surface area contributed by atoms with Crippen LogP contribution in [0.5, 0.6) is 0 Å². The van der Waals surface area contributed by atoms with Gasteiger partial charge in [0.05, 0.1) is 0 Å². The molecular formula is C13H11F3N2O2. The average molecular weight is 284 g/mol. The first kappa shape index (κ1) is 14.1. The SMILES string of the molecule is CN(C)c1oc(-c2ccccc2)nc1C(=O)C(F)(F)F. The monoisotopic (exact) mass is 284 g/mol. The zero-order valence-corrected chi connectivity index (χ0v) is 10.7. The molecule has 20 heavy (non-hydrogen) atoms. The first-order valence-corrected chi connectivity index (χ1v) is 5.66. The molecule has 0 fully saturated rings. The second-order valence-electron chi connectivity index (χ2n) is 4.26. The van der Waals surface area contributed by atoms with E-state index in [-0.39, 0.29) is 11.8 Å². The molecule has 0 N–H and O–H groups in total. The molecule has 106 valence electrons. The van der Waals surface area contributed by atoms with Crippen LogP contribution in [-0.4, -0.2) is 31.0 Å². The molecule has 1 heterocycles. The highest BCUT2D eigenvalue weighted by atomic mass is 19.4. The van der Waals surface area contributed by atoms with Crippen LogP contribution in [0, 0.1) is 0 Å². The zero-order chi connectivity index (χ0) is 14.9. The standard InChI is InChI=1S/C13H11F3N2O2/c1-18(2)12-9(10(19)13(14,15)16)17-11(20-12)8-6-4-3-5-7-8/h3-7H,1-2H3. The van der Waals surface area contributed by atoms with Gasteiger partial charge in [-0.2, -0.15) is 13.2 Å². The van der Waals surface area contributed by atoms with Gasteiger partial charge in [-0.15, -0.1) is 0 Å². The normalized spacial score (nSPS) is 11.4. The van der Waals surface area contributed by atoms with Crippen LogP contribution in [0.1, 0.15) is 10.5 Å². The van der Waals surface area contributed by atoms with E-state index in [1.54, 1.807) is 30.3 Å². The minimum absolute atomic E-state index is 0.0260. The van der Waals surface area contributed by atoms with E-state index in [0.29, 0.717) is 5.56 Å².